The maximum Gasteiger partial charge on any atom is 0.248 e. The first kappa shape index (κ1) is 12.7. The minimum atomic E-state index is -0.432. The smallest absolute Gasteiger partial charge is 0.248 e. The van der Waals surface area contributed by atoms with Crippen LogP contribution in [0.2, 0.25) is 0 Å². The summed E-state index contributed by atoms with van der Waals surface area (Å²) in [5, 5.41) is 0. The van der Waals surface area contributed by atoms with Gasteiger partial charge in [0.05, 0.1) is 12.8 Å². The molecule has 0 atom stereocenters. The number of benzene rings is 1. The van der Waals surface area contributed by atoms with E-state index in [0.717, 1.165) is 31.9 Å². The lowest BCUT2D eigenvalue weighted by molar-refractivity contribution is 0.1000. The van der Waals surface area contributed by atoms with Crippen molar-refractivity contribution in [2.24, 2.45) is 5.73 Å². The molecule has 1 aromatic carbocycles. The zero-order valence-electron chi connectivity index (χ0n) is 10.8. The fourth-order valence-electron chi connectivity index (χ4n) is 2.14. The van der Waals surface area contributed by atoms with Gasteiger partial charge in [-0.15, -0.1) is 0 Å². The third-order valence-electron chi connectivity index (χ3n) is 3.31. The molecule has 1 fully saturated rings. The van der Waals surface area contributed by atoms with Gasteiger partial charge in [0.2, 0.25) is 5.91 Å². The van der Waals surface area contributed by atoms with Crippen LogP contribution in [-0.4, -0.2) is 51.1 Å². The average Bonchev–Trinajstić information content (AvgIpc) is 2.39. The highest BCUT2D eigenvalue weighted by Crippen LogP contribution is 2.29. The van der Waals surface area contributed by atoms with E-state index < -0.39 is 5.91 Å². The van der Waals surface area contributed by atoms with Crippen LogP contribution in [0.25, 0.3) is 0 Å². The number of hydrogen-bond donors (Lipinski definition) is 1. The molecule has 1 aliphatic heterocycles. The molecule has 0 aliphatic carbocycles. The average molecular weight is 249 g/mol. The number of piperazine rings is 1. The Morgan fingerprint density at radius 2 is 1.94 bits per heavy atom. The lowest BCUT2D eigenvalue weighted by Gasteiger charge is -2.34. The summed E-state index contributed by atoms with van der Waals surface area (Å²) in [7, 11) is 3.73. The monoisotopic (exact) mass is 249 g/mol. The second-order valence-corrected chi connectivity index (χ2v) is 4.54. The summed E-state index contributed by atoms with van der Waals surface area (Å²) >= 11 is 0. The largest absolute Gasteiger partial charge is 0.495 e. The number of carbonyl (C=O) groups is 1. The van der Waals surface area contributed by atoms with Crippen LogP contribution >= 0.6 is 0 Å². The number of hydrogen-bond acceptors (Lipinski definition) is 4. The van der Waals surface area contributed by atoms with Gasteiger partial charge in [0.1, 0.15) is 5.75 Å². The van der Waals surface area contributed by atoms with E-state index in [9.17, 15) is 4.79 Å². The highest BCUT2D eigenvalue weighted by Gasteiger charge is 2.18. The maximum absolute atomic E-state index is 11.1. The summed E-state index contributed by atoms with van der Waals surface area (Å²) in [6.45, 7) is 3.98. The summed E-state index contributed by atoms with van der Waals surface area (Å²) in [5.74, 6) is 0.272. The molecule has 0 unspecified atom stereocenters. The Morgan fingerprint density at radius 1 is 1.28 bits per heavy atom. The maximum atomic E-state index is 11.1. The summed E-state index contributed by atoms with van der Waals surface area (Å²) in [6.07, 6.45) is 0. The van der Waals surface area contributed by atoms with Crippen molar-refractivity contribution in [3.05, 3.63) is 23.8 Å². The van der Waals surface area contributed by atoms with Crippen molar-refractivity contribution in [2.75, 3.05) is 45.2 Å². The molecule has 1 heterocycles. The van der Waals surface area contributed by atoms with Crippen molar-refractivity contribution < 1.29 is 9.53 Å². The quantitative estimate of drug-likeness (QED) is 0.849. The van der Waals surface area contributed by atoms with E-state index in [1.54, 1.807) is 19.2 Å². The van der Waals surface area contributed by atoms with Gasteiger partial charge in [0, 0.05) is 31.7 Å². The first-order chi connectivity index (χ1) is 8.61. The van der Waals surface area contributed by atoms with Crippen molar-refractivity contribution in [3.8, 4) is 5.75 Å². The summed E-state index contributed by atoms with van der Waals surface area (Å²) in [4.78, 5) is 15.7. The van der Waals surface area contributed by atoms with Crippen molar-refractivity contribution in [1.82, 2.24) is 4.90 Å². The Kier molecular flexibility index (Phi) is 3.72. The number of anilines is 1. The number of ether oxygens (including phenoxy) is 1. The molecule has 0 radical (unpaired) electrons. The van der Waals surface area contributed by atoms with E-state index in [4.69, 9.17) is 10.5 Å². The third kappa shape index (κ3) is 2.56. The van der Waals surface area contributed by atoms with Crippen molar-refractivity contribution in [3.63, 3.8) is 0 Å². The minimum Gasteiger partial charge on any atom is -0.495 e. The molecule has 5 nitrogen and oxygen atoms in total. The van der Waals surface area contributed by atoms with Crippen LogP contribution < -0.4 is 15.4 Å². The molecule has 0 bridgehead atoms. The zero-order valence-corrected chi connectivity index (χ0v) is 10.8. The van der Waals surface area contributed by atoms with E-state index in [1.807, 2.05) is 6.07 Å². The van der Waals surface area contributed by atoms with Crippen molar-refractivity contribution in [1.29, 1.82) is 0 Å². The Morgan fingerprint density at radius 3 is 2.50 bits per heavy atom. The van der Waals surface area contributed by atoms with Crippen LogP contribution in [0.5, 0.6) is 5.75 Å². The second kappa shape index (κ2) is 5.27. The summed E-state index contributed by atoms with van der Waals surface area (Å²) in [5.41, 5.74) is 6.77. The first-order valence-corrected chi connectivity index (χ1v) is 6.03. The molecule has 1 aliphatic rings. The standard InChI is InChI=1S/C13H19N3O2/c1-15-5-7-16(8-6-15)11-4-3-10(13(14)17)9-12(11)18-2/h3-4,9H,5-8H2,1-2H3,(H2,14,17). The molecule has 5 heteroatoms. The number of nitrogens with two attached hydrogens (primary N) is 1. The molecule has 18 heavy (non-hydrogen) atoms. The highest BCUT2D eigenvalue weighted by molar-refractivity contribution is 5.94. The minimum absolute atomic E-state index is 0.432. The summed E-state index contributed by atoms with van der Waals surface area (Å²) < 4.78 is 5.35. The third-order valence-corrected chi connectivity index (χ3v) is 3.31. The molecule has 0 aromatic heterocycles. The van der Waals surface area contributed by atoms with E-state index in [-0.39, 0.29) is 0 Å². The molecular formula is C13H19N3O2. The van der Waals surface area contributed by atoms with E-state index >= 15 is 0 Å². The topological polar surface area (TPSA) is 58.8 Å². The SMILES string of the molecule is COc1cc(C(N)=O)ccc1N1CCN(C)CC1. The number of nitrogens with zero attached hydrogens (tertiary/aromatic N) is 2. The molecule has 2 N–H and O–H groups in total. The number of primary amides is 1. The normalized spacial score (nSPS) is 16.7. The molecular weight excluding hydrogens is 230 g/mol. The predicted molar refractivity (Wildman–Crippen MR) is 71.2 cm³/mol. The van der Waals surface area contributed by atoms with E-state index in [2.05, 4.69) is 16.8 Å². The van der Waals surface area contributed by atoms with Crippen LogP contribution in [0, 0.1) is 0 Å². The number of amides is 1. The zero-order chi connectivity index (χ0) is 13.1. The van der Waals surface area contributed by atoms with Gasteiger partial charge in [0.15, 0.2) is 0 Å². The number of carbonyl (C=O) groups excluding carboxylic acids is 1. The lowest BCUT2D eigenvalue weighted by atomic mass is 10.1. The predicted octanol–water partition coefficient (Wildman–Crippen LogP) is 0.546. The lowest BCUT2D eigenvalue weighted by Crippen LogP contribution is -2.44. The van der Waals surface area contributed by atoms with Crippen LogP contribution in [0.15, 0.2) is 18.2 Å². The Balaban J connectivity index is 2.24. The van der Waals surface area contributed by atoms with Crippen molar-refractivity contribution >= 4 is 11.6 Å². The van der Waals surface area contributed by atoms with E-state index in [0.29, 0.717) is 11.3 Å². The van der Waals surface area contributed by atoms with Crippen LogP contribution in [-0.2, 0) is 0 Å². The fourth-order valence-corrected chi connectivity index (χ4v) is 2.14. The number of methoxy groups -OCH3 is 1. The fraction of sp³-hybridized carbons (Fsp3) is 0.462. The van der Waals surface area contributed by atoms with E-state index in [1.165, 1.54) is 0 Å². The van der Waals surface area contributed by atoms with Gasteiger partial charge in [-0.1, -0.05) is 0 Å². The Bertz CT molecular complexity index is 440. The van der Waals surface area contributed by atoms with Gasteiger partial charge in [-0.25, -0.2) is 0 Å². The molecule has 0 saturated carbocycles. The molecule has 2 rings (SSSR count). The molecule has 1 aromatic rings. The number of likely N-dealkylation sites (N-methyl/N-ethyl adjacent to an activating group) is 1. The first-order valence-electron chi connectivity index (χ1n) is 6.03. The van der Waals surface area contributed by atoms with Gasteiger partial charge in [0.25, 0.3) is 0 Å². The van der Waals surface area contributed by atoms with Crippen molar-refractivity contribution in [2.45, 2.75) is 0 Å². The molecule has 1 saturated heterocycles. The van der Waals surface area contributed by atoms with Gasteiger partial charge in [-0.3, -0.25) is 4.79 Å². The molecule has 0 spiro atoms. The Labute approximate surface area is 107 Å². The summed E-state index contributed by atoms with van der Waals surface area (Å²) in [6, 6.07) is 5.36. The number of rotatable bonds is 3. The Hall–Kier alpha value is -1.75. The second-order valence-electron chi connectivity index (χ2n) is 4.54. The van der Waals surface area contributed by atoms with Gasteiger partial charge in [-0.05, 0) is 25.2 Å². The van der Waals surface area contributed by atoms with Gasteiger partial charge >= 0.3 is 0 Å². The van der Waals surface area contributed by atoms with Crippen LogP contribution in [0.3, 0.4) is 0 Å². The highest BCUT2D eigenvalue weighted by atomic mass is 16.5. The van der Waals surface area contributed by atoms with Crippen LogP contribution in [0.4, 0.5) is 5.69 Å². The van der Waals surface area contributed by atoms with Crippen LogP contribution in [0.1, 0.15) is 10.4 Å². The van der Waals surface area contributed by atoms with Gasteiger partial charge in [-0.2, -0.15) is 0 Å². The molecule has 1 amide bonds. The van der Waals surface area contributed by atoms with Gasteiger partial charge < -0.3 is 20.3 Å². The molecule has 98 valence electrons.